The molecule has 0 unspecified atom stereocenters. The summed E-state index contributed by atoms with van der Waals surface area (Å²) in [6.07, 6.45) is 3.07. The van der Waals surface area contributed by atoms with Crippen LogP contribution in [0.5, 0.6) is 0 Å². The van der Waals surface area contributed by atoms with Gasteiger partial charge in [-0.05, 0) is 18.4 Å². The predicted molar refractivity (Wildman–Crippen MR) is 76.0 cm³/mol. The molecule has 0 radical (unpaired) electrons. The lowest BCUT2D eigenvalue weighted by molar-refractivity contribution is 0.916. The minimum atomic E-state index is 0.708. The molecule has 0 bridgehead atoms. The van der Waals surface area contributed by atoms with Crippen molar-refractivity contribution in [2.75, 3.05) is 5.88 Å². The van der Waals surface area contributed by atoms with Gasteiger partial charge in [-0.2, -0.15) is 0 Å². The highest BCUT2D eigenvalue weighted by Gasteiger charge is 2.04. The Balaban J connectivity index is 2.12. The number of rotatable bonds is 5. The molecule has 1 aromatic heterocycles. The Morgan fingerprint density at radius 1 is 1.24 bits per heavy atom. The largest absolute Gasteiger partial charge is 0.241 e. The molecule has 1 aromatic carbocycles. The number of aryl methyl sites for hydroxylation is 2. The fraction of sp³-hybridized carbons (Fsp3) is 0.357. The number of hydrogen-bond donors (Lipinski definition) is 0. The molecule has 0 N–H and O–H groups in total. The lowest BCUT2D eigenvalue weighted by atomic mass is 10.1. The molecule has 3 heteroatoms. The molecule has 0 atom stereocenters. The van der Waals surface area contributed by atoms with E-state index >= 15 is 0 Å². The topological polar surface area (TPSA) is 12.9 Å². The molecule has 0 aliphatic carbocycles. The molecule has 0 fully saturated rings. The highest BCUT2D eigenvalue weighted by Crippen LogP contribution is 2.23. The molecule has 0 aliphatic heterocycles. The maximum Gasteiger partial charge on any atom is 0.0933 e. The van der Waals surface area contributed by atoms with Crippen LogP contribution in [0.2, 0.25) is 0 Å². The first kappa shape index (κ1) is 12.6. The van der Waals surface area contributed by atoms with Crippen molar-refractivity contribution < 1.29 is 0 Å². The van der Waals surface area contributed by atoms with Crippen molar-refractivity contribution in [2.24, 2.45) is 0 Å². The van der Waals surface area contributed by atoms with E-state index in [1.165, 1.54) is 16.1 Å². The van der Waals surface area contributed by atoms with E-state index in [-0.39, 0.29) is 0 Å². The molecule has 0 saturated carbocycles. The third-order valence-electron chi connectivity index (χ3n) is 2.73. The molecule has 1 nitrogen and oxygen atoms in total. The summed E-state index contributed by atoms with van der Waals surface area (Å²) < 4.78 is 0. The zero-order chi connectivity index (χ0) is 12.1. The standard InChI is InChI=1S/C14H16ClNS/c1-2-11-5-7-12(8-6-11)13-10-17-14(16-13)4-3-9-15/h5-8,10H,2-4,9H2,1H3. The molecule has 2 rings (SSSR count). The molecule has 90 valence electrons. The monoisotopic (exact) mass is 265 g/mol. The van der Waals surface area contributed by atoms with Crippen molar-refractivity contribution in [1.82, 2.24) is 4.98 Å². The van der Waals surface area contributed by atoms with E-state index in [1.54, 1.807) is 11.3 Å². The average Bonchev–Trinajstić information content (AvgIpc) is 2.85. The van der Waals surface area contributed by atoms with Crippen LogP contribution in [0.4, 0.5) is 0 Å². The van der Waals surface area contributed by atoms with Crippen LogP contribution in [-0.2, 0) is 12.8 Å². The molecular weight excluding hydrogens is 250 g/mol. The number of benzene rings is 1. The van der Waals surface area contributed by atoms with Crippen LogP contribution in [0.1, 0.15) is 23.9 Å². The van der Waals surface area contributed by atoms with E-state index in [9.17, 15) is 0 Å². The lowest BCUT2D eigenvalue weighted by Gasteiger charge is -1.99. The number of nitrogens with zero attached hydrogens (tertiary/aromatic N) is 1. The fourth-order valence-electron chi connectivity index (χ4n) is 1.69. The molecular formula is C14H16ClNS. The van der Waals surface area contributed by atoms with Crippen molar-refractivity contribution in [2.45, 2.75) is 26.2 Å². The van der Waals surface area contributed by atoms with Crippen molar-refractivity contribution in [3.63, 3.8) is 0 Å². The summed E-state index contributed by atoms with van der Waals surface area (Å²) in [5.41, 5.74) is 3.66. The van der Waals surface area contributed by atoms with Gasteiger partial charge in [0.2, 0.25) is 0 Å². The number of halogens is 1. The van der Waals surface area contributed by atoms with Gasteiger partial charge in [-0.25, -0.2) is 4.98 Å². The second-order valence-corrected chi connectivity index (χ2v) is 5.29. The van der Waals surface area contributed by atoms with E-state index in [4.69, 9.17) is 11.6 Å². The van der Waals surface area contributed by atoms with Gasteiger partial charge >= 0.3 is 0 Å². The molecule has 1 heterocycles. The molecule has 0 amide bonds. The van der Waals surface area contributed by atoms with Crippen LogP contribution in [-0.4, -0.2) is 10.9 Å². The van der Waals surface area contributed by atoms with Crippen molar-refractivity contribution in [3.05, 3.63) is 40.2 Å². The average molecular weight is 266 g/mol. The number of aromatic nitrogens is 1. The van der Waals surface area contributed by atoms with Gasteiger partial charge in [-0.15, -0.1) is 22.9 Å². The normalized spacial score (nSPS) is 10.7. The van der Waals surface area contributed by atoms with Crippen molar-refractivity contribution in [1.29, 1.82) is 0 Å². The summed E-state index contributed by atoms with van der Waals surface area (Å²) in [6, 6.07) is 8.65. The van der Waals surface area contributed by atoms with E-state index in [0.29, 0.717) is 5.88 Å². The van der Waals surface area contributed by atoms with Gasteiger partial charge in [0.1, 0.15) is 0 Å². The molecule has 17 heavy (non-hydrogen) atoms. The van der Waals surface area contributed by atoms with Gasteiger partial charge in [0, 0.05) is 23.2 Å². The van der Waals surface area contributed by atoms with Crippen LogP contribution in [0.3, 0.4) is 0 Å². The molecule has 0 spiro atoms. The molecule has 0 aliphatic rings. The summed E-state index contributed by atoms with van der Waals surface area (Å²) in [5, 5.41) is 3.31. The van der Waals surface area contributed by atoms with Crippen molar-refractivity contribution >= 4 is 22.9 Å². The number of hydrogen-bond acceptors (Lipinski definition) is 2. The van der Waals surface area contributed by atoms with Gasteiger partial charge in [-0.3, -0.25) is 0 Å². The summed E-state index contributed by atoms with van der Waals surface area (Å²) in [7, 11) is 0. The van der Waals surface area contributed by atoms with Crippen LogP contribution in [0, 0.1) is 0 Å². The summed E-state index contributed by atoms with van der Waals surface area (Å²) in [5.74, 6) is 0.708. The maximum atomic E-state index is 5.69. The Labute approximate surface area is 111 Å². The van der Waals surface area contributed by atoms with Crippen molar-refractivity contribution in [3.8, 4) is 11.3 Å². The third-order valence-corrected chi connectivity index (χ3v) is 3.91. The first-order valence-electron chi connectivity index (χ1n) is 5.93. The lowest BCUT2D eigenvalue weighted by Crippen LogP contribution is -1.86. The third kappa shape index (κ3) is 3.30. The van der Waals surface area contributed by atoms with Gasteiger partial charge in [0.05, 0.1) is 10.7 Å². The number of alkyl halides is 1. The highest BCUT2D eigenvalue weighted by atomic mass is 35.5. The quantitative estimate of drug-likeness (QED) is 0.723. The Kier molecular flexibility index (Phi) is 4.57. The summed E-state index contributed by atoms with van der Waals surface area (Å²) in [6.45, 7) is 2.17. The minimum Gasteiger partial charge on any atom is -0.241 e. The Hall–Kier alpha value is -0.860. The van der Waals surface area contributed by atoms with Crippen LogP contribution < -0.4 is 0 Å². The number of thiazole rings is 1. The van der Waals surface area contributed by atoms with Gasteiger partial charge < -0.3 is 0 Å². The van der Waals surface area contributed by atoms with E-state index in [0.717, 1.165) is 25.0 Å². The second-order valence-electron chi connectivity index (χ2n) is 3.97. The Morgan fingerprint density at radius 2 is 2.00 bits per heavy atom. The zero-order valence-electron chi connectivity index (χ0n) is 9.95. The Bertz CT molecular complexity index is 461. The van der Waals surface area contributed by atoms with Gasteiger partial charge in [-0.1, -0.05) is 31.2 Å². The highest BCUT2D eigenvalue weighted by molar-refractivity contribution is 7.09. The van der Waals surface area contributed by atoms with Gasteiger partial charge in [0.25, 0.3) is 0 Å². The smallest absolute Gasteiger partial charge is 0.0933 e. The SMILES string of the molecule is CCc1ccc(-c2csc(CCCCl)n2)cc1. The second kappa shape index (κ2) is 6.18. The van der Waals surface area contributed by atoms with Crippen LogP contribution in [0.15, 0.2) is 29.6 Å². The van der Waals surface area contributed by atoms with Gasteiger partial charge in [0.15, 0.2) is 0 Å². The molecule has 0 saturated heterocycles. The zero-order valence-corrected chi connectivity index (χ0v) is 11.5. The predicted octanol–water partition coefficient (Wildman–Crippen LogP) is 4.54. The summed E-state index contributed by atoms with van der Waals surface area (Å²) in [4.78, 5) is 4.63. The van der Waals surface area contributed by atoms with Crippen LogP contribution >= 0.6 is 22.9 Å². The maximum absolute atomic E-state index is 5.69. The van der Waals surface area contributed by atoms with E-state index < -0.39 is 0 Å². The fourth-order valence-corrected chi connectivity index (χ4v) is 2.67. The Morgan fingerprint density at radius 3 is 2.65 bits per heavy atom. The summed E-state index contributed by atoms with van der Waals surface area (Å²) >= 11 is 7.41. The first-order valence-corrected chi connectivity index (χ1v) is 7.34. The molecule has 2 aromatic rings. The minimum absolute atomic E-state index is 0.708. The van der Waals surface area contributed by atoms with E-state index in [2.05, 4.69) is 41.6 Å². The first-order chi connectivity index (χ1) is 8.33. The van der Waals surface area contributed by atoms with E-state index in [1.807, 2.05) is 0 Å². The van der Waals surface area contributed by atoms with Crippen LogP contribution in [0.25, 0.3) is 11.3 Å².